The number of benzene rings is 2. The van der Waals surface area contributed by atoms with Gasteiger partial charge in [0, 0.05) is 34.1 Å². The summed E-state index contributed by atoms with van der Waals surface area (Å²) >= 11 is 0. The zero-order valence-corrected chi connectivity index (χ0v) is 23.8. The molecular formula is C32H41N3O4. The molecule has 0 spiro atoms. The maximum Gasteiger partial charge on any atom is 0.407 e. The number of carbonyl (C=O) groups excluding carboxylic acids is 1. The zero-order valence-electron chi connectivity index (χ0n) is 23.8. The first-order valence-corrected chi connectivity index (χ1v) is 14.2. The highest BCUT2D eigenvalue weighted by Crippen LogP contribution is 2.47. The van der Waals surface area contributed by atoms with E-state index < -0.39 is 17.2 Å². The van der Waals surface area contributed by atoms with Gasteiger partial charge in [0.2, 0.25) is 0 Å². The van der Waals surface area contributed by atoms with Crippen molar-refractivity contribution in [3.8, 4) is 17.0 Å². The van der Waals surface area contributed by atoms with Crippen molar-refractivity contribution in [1.82, 2.24) is 14.8 Å². The van der Waals surface area contributed by atoms with Gasteiger partial charge in [0.05, 0.1) is 17.8 Å². The number of nitrogens with zero attached hydrogens (tertiary/aromatic N) is 2. The number of rotatable bonds is 5. The number of ether oxygens (including phenoxy) is 1. The minimum Gasteiger partial charge on any atom is -0.491 e. The molecule has 0 unspecified atom stereocenters. The molecule has 208 valence electrons. The van der Waals surface area contributed by atoms with E-state index in [-0.39, 0.29) is 12.5 Å². The van der Waals surface area contributed by atoms with Crippen LogP contribution in [0.25, 0.3) is 22.2 Å². The highest BCUT2D eigenvalue weighted by atomic mass is 16.5. The number of carbonyl (C=O) groups is 2. The van der Waals surface area contributed by atoms with Crippen molar-refractivity contribution in [2.45, 2.75) is 90.3 Å². The molecule has 1 saturated carbocycles. The zero-order chi connectivity index (χ0) is 27.9. The van der Waals surface area contributed by atoms with Gasteiger partial charge < -0.3 is 24.6 Å². The number of carboxylic acid groups (broad SMARTS) is 1. The van der Waals surface area contributed by atoms with Crippen molar-refractivity contribution in [2.75, 3.05) is 13.2 Å². The summed E-state index contributed by atoms with van der Waals surface area (Å²) in [6.45, 7) is 10.8. The molecule has 7 heteroatoms. The lowest BCUT2D eigenvalue weighted by molar-refractivity contribution is 0.0723. The van der Waals surface area contributed by atoms with Crippen molar-refractivity contribution in [3.63, 3.8) is 0 Å². The van der Waals surface area contributed by atoms with Crippen LogP contribution in [0.4, 0.5) is 4.79 Å². The van der Waals surface area contributed by atoms with Gasteiger partial charge in [-0.15, -0.1) is 0 Å². The van der Waals surface area contributed by atoms with Crippen LogP contribution in [0.2, 0.25) is 0 Å². The first-order chi connectivity index (χ1) is 18.5. The SMILES string of the molecule is CC(C)(CN(C(=O)O)C(C)(C)C)NC(=O)c1ccc2c(C3CCCCC3)c3n(c2c1)CCOc1ccccc1-3. The van der Waals surface area contributed by atoms with Crippen LogP contribution in [0.3, 0.4) is 0 Å². The largest absolute Gasteiger partial charge is 0.491 e. The molecule has 0 bridgehead atoms. The smallest absolute Gasteiger partial charge is 0.407 e. The molecule has 39 heavy (non-hydrogen) atoms. The van der Waals surface area contributed by atoms with E-state index in [9.17, 15) is 14.7 Å². The van der Waals surface area contributed by atoms with Crippen LogP contribution in [0.15, 0.2) is 42.5 Å². The summed E-state index contributed by atoms with van der Waals surface area (Å²) in [5, 5.41) is 14.1. The molecule has 2 aromatic carbocycles. The van der Waals surface area contributed by atoms with Gasteiger partial charge in [-0.25, -0.2) is 4.79 Å². The molecule has 0 atom stereocenters. The van der Waals surface area contributed by atoms with Crippen LogP contribution in [0.5, 0.6) is 5.75 Å². The van der Waals surface area contributed by atoms with Gasteiger partial charge in [0.15, 0.2) is 0 Å². The van der Waals surface area contributed by atoms with E-state index in [1.54, 1.807) is 0 Å². The van der Waals surface area contributed by atoms with Gasteiger partial charge in [-0.1, -0.05) is 37.5 Å². The highest BCUT2D eigenvalue weighted by molar-refractivity contribution is 6.01. The third-order valence-corrected chi connectivity index (χ3v) is 8.14. The molecule has 2 amide bonds. The summed E-state index contributed by atoms with van der Waals surface area (Å²) in [6.07, 6.45) is 5.14. The van der Waals surface area contributed by atoms with Gasteiger partial charge in [0.1, 0.15) is 12.4 Å². The van der Waals surface area contributed by atoms with Gasteiger partial charge >= 0.3 is 6.09 Å². The fourth-order valence-corrected chi connectivity index (χ4v) is 6.29. The Morgan fingerprint density at radius 3 is 2.46 bits per heavy atom. The third-order valence-electron chi connectivity index (χ3n) is 8.14. The fraction of sp³-hybridized carbons (Fsp3) is 0.500. The maximum absolute atomic E-state index is 13.5. The van der Waals surface area contributed by atoms with Crippen LogP contribution in [0.1, 0.15) is 88.6 Å². The van der Waals surface area contributed by atoms with E-state index in [0.717, 1.165) is 16.8 Å². The summed E-state index contributed by atoms with van der Waals surface area (Å²) in [5.41, 5.74) is 4.02. The Bertz CT molecular complexity index is 1390. The molecule has 2 N–H and O–H groups in total. The van der Waals surface area contributed by atoms with E-state index in [2.05, 4.69) is 28.1 Å². The molecule has 1 aliphatic carbocycles. The fourth-order valence-electron chi connectivity index (χ4n) is 6.29. The molecule has 1 fully saturated rings. The van der Waals surface area contributed by atoms with Crippen molar-refractivity contribution in [2.24, 2.45) is 0 Å². The first-order valence-electron chi connectivity index (χ1n) is 14.2. The molecule has 0 radical (unpaired) electrons. The Kier molecular flexibility index (Phi) is 7.12. The number of hydrogen-bond acceptors (Lipinski definition) is 3. The average Bonchev–Trinajstić information content (AvgIpc) is 3.08. The van der Waals surface area contributed by atoms with E-state index in [0.29, 0.717) is 24.6 Å². The third kappa shape index (κ3) is 5.36. The van der Waals surface area contributed by atoms with Crippen LogP contribution in [0, 0.1) is 0 Å². The Morgan fingerprint density at radius 1 is 1.05 bits per heavy atom. The van der Waals surface area contributed by atoms with Crippen molar-refractivity contribution >= 4 is 22.9 Å². The molecule has 0 saturated heterocycles. The predicted octanol–water partition coefficient (Wildman–Crippen LogP) is 7.04. The lowest BCUT2D eigenvalue weighted by Crippen LogP contribution is -2.57. The minimum absolute atomic E-state index is 0.181. The number of amides is 2. The van der Waals surface area contributed by atoms with E-state index in [1.165, 1.54) is 53.6 Å². The normalized spacial score (nSPS) is 16.1. The molecule has 1 aromatic heterocycles. The molecule has 1 aliphatic heterocycles. The van der Waals surface area contributed by atoms with Crippen LogP contribution >= 0.6 is 0 Å². The maximum atomic E-state index is 13.5. The standard InChI is InChI=1S/C32H41N3O4/c1-31(2,3)35(30(37)38)20-32(4,5)33-29(36)22-15-16-23-25(19-22)34-17-18-39-26-14-10-9-13-24(26)28(34)27(23)21-11-7-6-8-12-21/h9-10,13-16,19,21H,6-8,11-12,17-18,20H2,1-5H3,(H,33,36)(H,37,38). The minimum atomic E-state index is -1.00. The Labute approximate surface area is 231 Å². The molecule has 5 rings (SSSR count). The number of hydrogen-bond donors (Lipinski definition) is 2. The second kappa shape index (κ2) is 10.2. The molecule has 3 aromatic rings. The van der Waals surface area contributed by atoms with E-state index >= 15 is 0 Å². The van der Waals surface area contributed by atoms with Crippen LogP contribution in [-0.4, -0.2) is 50.8 Å². The first kappa shape index (κ1) is 27.1. The summed E-state index contributed by atoms with van der Waals surface area (Å²) in [6, 6.07) is 14.3. The van der Waals surface area contributed by atoms with Crippen molar-refractivity contribution in [1.29, 1.82) is 0 Å². The second-order valence-electron chi connectivity index (χ2n) is 12.7. The lowest BCUT2D eigenvalue weighted by atomic mass is 9.81. The number of nitrogens with one attached hydrogen (secondary N) is 1. The number of fused-ring (bicyclic) bond motifs is 5. The van der Waals surface area contributed by atoms with Crippen molar-refractivity contribution in [3.05, 3.63) is 53.6 Å². The Hall–Kier alpha value is -3.48. The van der Waals surface area contributed by atoms with Crippen LogP contribution < -0.4 is 10.1 Å². The van der Waals surface area contributed by atoms with E-state index in [1.807, 2.05) is 58.9 Å². The molecule has 2 aliphatic rings. The van der Waals surface area contributed by atoms with Gasteiger partial charge in [-0.2, -0.15) is 0 Å². The Morgan fingerprint density at radius 2 is 1.77 bits per heavy atom. The van der Waals surface area contributed by atoms with E-state index in [4.69, 9.17) is 4.74 Å². The summed E-state index contributed by atoms with van der Waals surface area (Å²) in [4.78, 5) is 26.8. The van der Waals surface area contributed by atoms with Crippen molar-refractivity contribution < 1.29 is 19.4 Å². The summed E-state index contributed by atoms with van der Waals surface area (Å²) < 4.78 is 8.50. The predicted molar refractivity (Wildman–Crippen MR) is 155 cm³/mol. The Balaban J connectivity index is 1.54. The average molecular weight is 532 g/mol. The summed E-state index contributed by atoms with van der Waals surface area (Å²) in [5.74, 6) is 1.19. The van der Waals surface area contributed by atoms with Crippen LogP contribution in [-0.2, 0) is 6.54 Å². The highest BCUT2D eigenvalue weighted by Gasteiger charge is 2.34. The van der Waals surface area contributed by atoms with Gasteiger partial charge in [0.25, 0.3) is 5.91 Å². The number of para-hydroxylation sites is 1. The molecular weight excluding hydrogens is 490 g/mol. The molecule has 2 heterocycles. The monoisotopic (exact) mass is 531 g/mol. The van der Waals surface area contributed by atoms with Gasteiger partial charge in [-0.3, -0.25) is 4.79 Å². The van der Waals surface area contributed by atoms with Gasteiger partial charge in [-0.05, 0) is 83.2 Å². The lowest BCUT2D eigenvalue weighted by Gasteiger charge is -2.39. The second-order valence-corrected chi connectivity index (χ2v) is 12.7. The number of aromatic nitrogens is 1. The summed E-state index contributed by atoms with van der Waals surface area (Å²) in [7, 11) is 0. The molecule has 7 nitrogen and oxygen atoms in total. The quantitative estimate of drug-likeness (QED) is 0.370. The topological polar surface area (TPSA) is 83.8 Å².